The summed E-state index contributed by atoms with van der Waals surface area (Å²) in [4.78, 5) is 36.6. The van der Waals surface area contributed by atoms with Crippen molar-refractivity contribution in [2.45, 2.75) is 19.4 Å². The Labute approximate surface area is 163 Å². The zero-order chi connectivity index (χ0) is 20.7. The number of nitro groups is 1. The molecule has 0 aliphatic carbocycles. The van der Waals surface area contributed by atoms with Gasteiger partial charge in [0, 0.05) is 26.7 Å². The summed E-state index contributed by atoms with van der Waals surface area (Å²) in [6.07, 6.45) is -0.360. The number of nitro benzene ring substituents is 1. The average Bonchev–Trinajstić information content (AvgIpc) is 2.67. The van der Waals surface area contributed by atoms with E-state index in [-0.39, 0.29) is 11.3 Å². The van der Waals surface area contributed by atoms with E-state index >= 15 is 0 Å². The second-order valence-corrected chi connectivity index (χ2v) is 6.43. The Balaban J connectivity index is 1.94. The Bertz CT molecular complexity index is 852. The lowest BCUT2D eigenvalue weighted by Gasteiger charge is -2.15. The molecule has 2 rings (SSSR count). The van der Waals surface area contributed by atoms with E-state index < -0.39 is 22.9 Å². The zero-order valence-corrected chi connectivity index (χ0v) is 16.0. The first-order valence-electron chi connectivity index (χ1n) is 8.78. The summed E-state index contributed by atoms with van der Waals surface area (Å²) in [5, 5.41) is 13.9. The first-order valence-corrected chi connectivity index (χ1v) is 8.78. The second kappa shape index (κ2) is 9.50. The predicted molar refractivity (Wildman–Crippen MR) is 105 cm³/mol. The second-order valence-electron chi connectivity index (χ2n) is 6.43. The molecular weight excluding hydrogens is 362 g/mol. The molecule has 1 N–H and O–H groups in total. The van der Waals surface area contributed by atoms with E-state index in [0.29, 0.717) is 18.7 Å². The van der Waals surface area contributed by atoms with Crippen LogP contribution in [-0.2, 0) is 16.0 Å². The van der Waals surface area contributed by atoms with Crippen molar-refractivity contribution in [3.8, 4) is 0 Å². The summed E-state index contributed by atoms with van der Waals surface area (Å²) in [6.45, 7) is 1.87. The summed E-state index contributed by atoms with van der Waals surface area (Å²) in [5.41, 5.74) is 1.26. The number of hydrogen-bond acceptors (Lipinski definition) is 6. The third kappa shape index (κ3) is 5.54. The van der Waals surface area contributed by atoms with Gasteiger partial charge in [0.05, 0.1) is 10.5 Å². The van der Waals surface area contributed by atoms with E-state index in [9.17, 15) is 19.7 Å². The molecule has 1 atom stereocenters. The normalized spacial score (nSPS) is 11.4. The van der Waals surface area contributed by atoms with Gasteiger partial charge in [-0.05, 0) is 31.0 Å². The molecule has 0 fully saturated rings. The van der Waals surface area contributed by atoms with Crippen LogP contribution in [-0.4, -0.2) is 43.5 Å². The number of ether oxygens (including phenoxy) is 1. The van der Waals surface area contributed by atoms with Crippen LogP contribution < -0.4 is 10.2 Å². The van der Waals surface area contributed by atoms with Crippen LogP contribution in [0, 0.1) is 10.1 Å². The van der Waals surface area contributed by atoms with Crippen LogP contribution in [0.4, 0.5) is 11.4 Å². The maximum atomic E-state index is 12.3. The minimum Gasteiger partial charge on any atom is -0.449 e. The Morgan fingerprint density at radius 3 is 2.46 bits per heavy atom. The third-order valence-corrected chi connectivity index (χ3v) is 4.10. The van der Waals surface area contributed by atoms with Crippen molar-refractivity contribution >= 4 is 23.3 Å². The van der Waals surface area contributed by atoms with Gasteiger partial charge >= 0.3 is 5.97 Å². The fourth-order valence-electron chi connectivity index (χ4n) is 2.58. The molecule has 0 bridgehead atoms. The molecule has 2 aromatic rings. The number of hydrogen-bond donors (Lipinski definition) is 1. The molecule has 0 aliphatic heterocycles. The van der Waals surface area contributed by atoms with Crippen LogP contribution >= 0.6 is 0 Å². The minimum atomic E-state index is -1.02. The molecule has 2 aromatic carbocycles. The van der Waals surface area contributed by atoms with E-state index in [0.717, 1.165) is 11.6 Å². The van der Waals surface area contributed by atoms with Gasteiger partial charge in [-0.15, -0.1) is 0 Å². The lowest BCUT2D eigenvalue weighted by Crippen LogP contribution is -2.36. The molecule has 0 aromatic heterocycles. The quantitative estimate of drug-likeness (QED) is 0.426. The predicted octanol–water partition coefficient (Wildman–Crippen LogP) is 2.57. The molecule has 0 spiro atoms. The van der Waals surface area contributed by atoms with Gasteiger partial charge in [0.1, 0.15) is 5.69 Å². The van der Waals surface area contributed by atoms with Crippen molar-refractivity contribution in [2.24, 2.45) is 0 Å². The number of nitrogens with one attached hydrogen (secondary N) is 1. The van der Waals surface area contributed by atoms with Gasteiger partial charge in [-0.1, -0.05) is 30.3 Å². The largest absolute Gasteiger partial charge is 0.449 e. The lowest BCUT2D eigenvalue weighted by atomic mass is 10.1. The van der Waals surface area contributed by atoms with Crippen molar-refractivity contribution in [2.75, 3.05) is 25.5 Å². The number of anilines is 1. The molecule has 0 unspecified atom stereocenters. The monoisotopic (exact) mass is 385 g/mol. The maximum absolute atomic E-state index is 12.3. The average molecular weight is 385 g/mol. The van der Waals surface area contributed by atoms with E-state index in [1.54, 1.807) is 19.0 Å². The fraction of sp³-hybridized carbons (Fsp3) is 0.300. The van der Waals surface area contributed by atoms with Crippen LogP contribution in [0.1, 0.15) is 22.8 Å². The summed E-state index contributed by atoms with van der Waals surface area (Å²) in [5.74, 6) is -1.22. The number of nitrogens with zero attached hydrogens (tertiary/aromatic N) is 2. The van der Waals surface area contributed by atoms with E-state index in [1.807, 2.05) is 30.3 Å². The number of carbonyl (C=O) groups excluding carboxylic acids is 2. The number of rotatable bonds is 8. The van der Waals surface area contributed by atoms with Crippen LogP contribution in [0.5, 0.6) is 0 Å². The highest BCUT2D eigenvalue weighted by Gasteiger charge is 2.22. The van der Waals surface area contributed by atoms with Gasteiger partial charge in [0.25, 0.3) is 11.6 Å². The molecule has 0 aliphatic rings. The van der Waals surface area contributed by atoms with Gasteiger partial charge in [0.15, 0.2) is 6.10 Å². The van der Waals surface area contributed by atoms with Crippen molar-refractivity contribution < 1.29 is 19.2 Å². The standard InChI is InChI=1S/C20H23N3O5/c1-14(19(24)21-12-11-15-7-5-4-6-8-15)28-20(25)16-9-10-17(22(2)3)18(13-16)23(26)27/h4-10,13-14H,11-12H2,1-3H3,(H,21,24)/t14-/m0/s1. The van der Waals surface area contributed by atoms with Gasteiger partial charge in [-0.25, -0.2) is 4.79 Å². The van der Waals surface area contributed by atoms with Gasteiger partial charge in [0.2, 0.25) is 0 Å². The Hall–Kier alpha value is -3.42. The highest BCUT2D eigenvalue weighted by molar-refractivity contribution is 5.93. The summed E-state index contributed by atoms with van der Waals surface area (Å²) in [6, 6.07) is 13.7. The summed E-state index contributed by atoms with van der Waals surface area (Å²) >= 11 is 0. The van der Waals surface area contributed by atoms with E-state index in [1.165, 1.54) is 19.1 Å². The molecule has 1 amide bonds. The number of amides is 1. The molecule has 8 heteroatoms. The maximum Gasteiger partial charge on any atom is 0.339 e. The molecule has 0 heterocycles. The highest BCUT2D eigenvalue weighted by Crippen LogP contribution is 2.28. The molecule has 0 saturated heterocycles. The van der Waals surface area contributed by atoms with Gasteiger partial charge < -0.3 is 15.0 Å². The smallest absolute Gasteiger partial charge is 0.339 e. The van der Waals surface area contributed by atoms with Gasteiger partial charge in [-0.2, -0.15) is 0 Å². The molecule has 28 heavy (non-hydrogen) atoms. The third-order valence-electron chi connectivity index (χ3n) is 4.10. The fourth-order valence-corrected chi connectivity index (χ4v) is 2.58. The molecule has 0 radical (unpaired) electrons. The lowest BCUT2D eigenvalue weighted by molar-refractivity contribution is -0.384. The molecule has 8 nitrogen and oxygen atoms in total. The first-order chi connectivity index (χ1) is 13.3. The van der Waals surface area contributed by atoms with Crippen LogP contribution in [0.2, 0.25) is 0 Å². The van der Waals surface area contributed by atoms with Crippen molar-refractivity contribution in [3.05, 3.63) is 69.8 Å². The van der Waals surface area contributed by atoms with Gasteiger partial charge in [-0.3, -0.25) is 14.9 Å². The highest BCUT2D eigenvalue weighted by atomic mass is 16.6. The van der Waals surface area contributed by atoms with Crippen molar-refractivity contribution in [1.82, 2.24) is 5.32 Å². The Kier molecular flexibility index (Phi) is 7.08. The Morgan fingerprint density at radius 2 is 1.86 bits per heavy atom. The molecular formula is C20H23N3O5. The van der Waals surface area contributed by atoms with Crippen molar-refractivity contribution in [1.29, 1.82) is 0 Å². The van der Waals surface area contributed by atoms with Crippen molar-refractivity contribution in [3.63, 3.8) is 0 Å². The van der Waals surface area contributed by atoms with E-state index in [4.69, 9.17) is 4.74 Å². The topological polar surface area (TPSA) is 102 Å². The molecule has 148 valence electrons. The van der Waals surface area contributed by atoms with E-state index in [2.05, 4.69) is 5.32 Å². The number of carbonyl (C=O) groups is 2. The van der Waals surface area contributed by atoms with Crippen LogP contribution in [0.25, 0.3) is 0 Å². The summed E-state index contributed by atoms with van der Waals surface area (Å²) in [7, 11) is 3.34. The zero-order valence-electron chi connectivity index (χ0n) is 16.0. The number of esters is 1. The van der Waals surface area contributed by atoms with Crippen LogP contribution in [0.15, 0.2) is 48.5 Å². The number of benzene rings is 2. The molecule has 0 saturated carbocycles. The SMILES string of the molecule is C[C@H](OC(=O)c1ccc(N(C)C)c([N+](=O)[O-])c1)C(=O)NCCc1ccccc1. The Morgan fingerprint density at radius 1 is 1.18 bits per heavy atom. The first kappa shape index (κ1) is 20.9. The summed E-state index contributed by atoms with van der Waals surface area (Å²) < 4.78 is 5.15. The van der Waals surface area contributed by atoms with Crippen LogP contribution in [0.3, 0.4) is 0 Å². The minimum absolute atomic E-state index is 0.0150.